The molecule has 1 atom stereocenters. The van der Waals surface area contributed by atoms with Crippen LogP contribution in [0.2, 0.25) is 0 Å². The van der Waals surface area contributed by atoms with E-state index in [1.807, 2.05) is 24.0 Å². The molecule has 1 aliphatic heterocycles. The topological polar surface area (TPSA) is 83.1 Å². The van der Waals surface area contributed by atoms with Crippen LogP contribution >= 0.6 is 11.3 Å². The standard InChI is InChI=1S/C15H19N3O3S2/c1-10-3-4-12(22-10)7-14(19)18-6-5-11(9-18)15-13(8-16-17-15)23(2,20)21/h3-4,8,11H,5-7,9H2,1-2H3,(H,16,17)/t11-/m0/s1. The van der Waals surface area contributed by atoms with Crippen molar-refractivity contribution < 1.29 is 13.2 Å². The van der Waals surface area contributed by atoms with E-state index >= 15 is 0 Å². The summed E-state index contributed by atoms with van der Waals surface area (Å²) in [7, 11) is -3.31. The van der Waals surface area contributed by atoms with Gasteiger partial charge in [0.05, 0.1) is 18.3 Å². The highest BCUT2D eigenvalue weighted by molar-refractivity contribution is 7.90. The molecule has 23 heavy (non-hydrogen) atoms. The molecule has 2 aromatic rings. The Hall–Kier alpha value is -1.67. The van der Waals surface area contributed by atoms with Crippen molar-refractivity contribution in [2.45, 2.75) is 30.6 Å². The lowest BCUT2D eigenvalue weighted by atomic mass is 10.1. The van der Waals surface area contributed by atoms with Crippen molar-refractivity contribution >= 4 is 27.1 Å². The number of aromatic nitrogens is 2. The first-order valence-corrected chi connectivity index (χ1v) is 10.1. The number of H-pyrrole nitrogens is 1. The molecule has 8 heteroatoms. The molecule has 6 nitrogen and oxygen atoms in total. The van der Waals surface area contributed by atoms with Crippen LogP contribution in [0.15, 0.2) is 23.2 Å². The van der Waals surface area contributed by atoms with Crippen molar-refractivity contribution in [2.24, 2.45) is 0 Å². The van der Waals surface area contributed by atoms with Gasteiger partial charge in [0.15, 0.2) is 9.84 Å². The summed E-state index contributed by atoms with van der Waals surface area (Å²) in [6.45, 7) is 3.21. The molecule has 1 saturated heterocycles. The van der Waals surface area contributed by atoms with E-state index in [4.69, 9.17) is 0 Å². The van der Waals surface area contributed by atoms with E-state index in [2.05, 4.69) is 10.2 Å². The molecule has 0 spiro atoms. The number of aromatic amines is 1. The molecule has 0 aliphatic carbocycles. The van der Waals surface area contributed by atoms with Crippen LogP contribution in [0, 0.1) is 6.92 Å². The average molecular weight is 353 g/mol. The van der Waals surface area contributed by atoms with Crippen molar-refractivity contribution in [2.75, 3.05) is 19.3 Å². The summed E-state index contributed by atoms with van der Waals surface area (Å²) in [6.07, 6.45) is 3.69. The number of hydrogen-bond donors (Lipinski definition) is 1. The number of nitrogens with one attached hydrogen (secondary N) is 1. The van der Waals surface area contributed by atoms with Gasteiger partial charge in [-0.3, -0.25) is 9.89 Å². The van der Waals surface area contributed by atoms with Crippen molar-refractivity contribution in [1.29, 1.82) is 0 Å². The summed E-state index contributed by atoms with van der Waals surface area (Å²) in [6, 6.07) is 4.01. The summed E-state index contributed by atoms with van der Waals surface area (Å²) in [5.41, 5.74) is 0.620. The van der Waals surface area contributed by atoms with Crippen LogP contribution in [0.25, 0.3) is 0 Å². The lowest BCUT2D eigenvalue weighted by Crippen LogP contribution is -2.29. The summed E-state index contributed by atoms with van der Waals surface area (Å²) in [4.78, 5) is 16.7. The monoisotopic (exact) mass is 353 g/mol. The Labute approximate surface area is 139 Å². The fourth-order valence-corrected chi connectivity index (χ4v) is 4.67. The van der Waals surface area contributed by atoms with Crippen LogP contribution < -0.4 is 0 Å². The summed E-state index contributed by atoms with van der Waals surface area (Å²) in [5, 5.41) is 6.67. The Morgan fingerprint density at radius 1 is 1.48 bits per heavy atom. The van der Waals surface area contributed by atoms with Gasteiger partial charge in [-0.15, -0.1) is 11.3 Å². The molecule has 2 aromatic heterocycles. The first-order valence-electron chi connectivity index (χ1n) is 7.41. The van der Waals surface area contributed by atoms with Gasteiger partial charge in [-0.2, -0.15) is 5.10 Å². The largest absolute Gasteiger partial charge is 0.342 e. The van der Waals surface area contributed by atoms with E-state index in [1.54, 1.807) is 11.3 Å². The van der Waals surface area contributed by atoms with Gasteiger partial charge < -0.3 is 4.90 Å². The highest BCUT2D eigenvalue weighted by Gasteiger charge is 2.31. The van der Waals surface area contributed by atoms with E-state index < -0.39 is 9.84 Å². The van der Waals surface area contributed by atoms with Crippen LogP contribution in [0.3, 0.4) is 0 Å². The zero-order chi connectivity index (χ0) is 16.6. The van der Waals surface area contributed by atoms with E-state index in [9.17, 15) is 13.2 Å². The van der Waals surface area contributed by atoms with Gasteiger partial charge in [-0.1, -0.05) is 0 Å². The molecule has 0 saturated carbocycles. The molecule has 1 N–H and O–H groups in total. The lowest BCUT2D eigenvalue weighted by Gasteiger charge is -2.16. The van der Waals surface area contributed by atoms with E-state index in [0.717, 1.165) is 11.3 Å². The highest BCUT2D eigenvalue weighted by atomic mass is 32.2. The average Bonchev–Trinajstić information content (AvgIpc) is 3.15. The molecule has 1 fully saturated rings. The minimum atomic E-state index is -3.31. The van der Waals surface area contributed by atoms with Crippen molar-refractivity contribution in [3.05, 3.63) is 33.8 Å². The summed E-state index contributed by atoms with van der Waals surface area (Å²) < 4.78 is 23.6. The maximum absolute atomic E-state index is 12.4. The van der Waals surface area contributed by atoms with Crippen molar-refractivity contribution in [1.82, 2.24) is 15.1 Å². The number of rotatable bonds is 4. The first-order chi connectivity index (χ1) is 10.8. The van der Waals surface area contributed by atoms with Crippen molar-refractivity contribution in [3.63, 3.8) is 0 Å². The van der Waals surface area contributed by atoms with Crippen molar-refractivity contribution in [3.8, 4) is 0 Å². The number of aryl methyl sites for hydroxylation is 1. The third-order valence-corrected chi connectivity index (χ3v) is 6.23. The summed E-state index contributed by atoms with van der Waals surface area (Å²) >= 11 is 1.64. The maximum Gasteiger partial charge on any atom is 0.227 e. The smallest absolute Gasteiger partial charge is 0.227 e. The van der Waals surface area contributed by atoms with E-state index in [0.29, 0.717) is 25.2 Å². The predicted molar refractivity (Wildman–Crippen MR) is 88.4 cm³/mol. The molecule has 3 rings (SSSR count). The Morgan fingerprint density at radius 2 is 2.26 bits per heavy atom. The van der Waals surface area contributed by atoms with Gasteiger partial charge in [0.1, 0.15) is 4.90 Å². The minimum Gasteiger partial charge on any atom is -0.342 e. The number of thiophene rings is 1. The summed E-state index contributed by atoms with van der Waals surface area (Å²) in [5.74, 6) is 0.0889. The molecule has 0 bridgehead atoms. The van der Waals surface area contributed by atoms with Crippen LogP contribution in [-0.2, 0) is 21.1 Å². The third-order valence-electron chi connectivity index (χ3n) is 4.10. The Balaban J connectivity index is 1.69. The number of likely N-dealkylation sites (tertiary alicyclic amines) is 1. The molecule has 0 unspecified atom stereocenters. The minimum absolute atomic E-state index is 0.00348. The van der Waals surface area contributed by atoms with Gasteiger partial charge >= 0.3 is 0 Å². The van der Waals surface area contributed by atoms with E-state index in [-0.39, 0.29) is 16.7 Å². The fraction of sp³-hybridized carbons (Fsp3) is 0.467. The molecular formula is C15H19N3O3S2. The van der Waals surface area contributed by atoms with E-state index in [1.165, 1.54) is 17.3 Å². The molecule has 0 aromatic carbocycles. The second kappa shape index (κ2) is 6.09. The fourth-order valence-electron chi connectivity index (χ4n) is 2.94. The third kappa shape index (κ3) is 3.48. The Morgan fingerprint density at radius 3 is 2.91 bits per heavy atom. The number of carbonyl (C=O) groups excluding carboxylic acids is 1. The molecular weight excluding hydrogens is 334 g/mol. The molecule has 124 valence electrons. The second-order valence-corrected chi connectivity index (χ2v) is 9.29. The van der Waals surface area contributed by atoms with Gasteiger partial charge in [0.2, 0.25) is 5.91 Å². The van der Waals surface area contributed by atoms with Gasteiger partial charge in [0, 0.05) is 35.0 Å². The van der Waals surface area contributed by atoms with Gasteiger partial charge in [-0.05, 0) is 25.5 Å². The van der Waals surface area contributed by atoms with Gasteiger partial charge in [-0.25, -0.2) is 8.42 Å². The molecule has 3 heterocycles. The Kier molecular flexibility index (Phi) is 4.29. The number of sulfone groups is 1. The lowest BCUT2D eigenvalue weighted by molar-refractivity contribution is -0.129. The number of amides is 1. The van der Waals surface area contributed by atoms with Crippen LogP contribution in [0.5, 0.6) is 0 Å². The Bertz CT molecular complexity index is 823. The molecule has 1 amide bonds. The molecule has 1 aliphatic rings. The van der Waals surface area contributed by atoms with Crippen LogP contribution in [-0.4, -0.2) is 48.8 Å². The molecule has 0 radical (unpaired) electrons. The quantitative estimate of drug-likeness (QED) is 0.907. The SMILES string of the molecule is Cc1ccc(CC(=O)N2CC[C@H](c3[nH]ncc3S(C)(=O)=O)C2)s1. The number of nitrogens with zero attached hydrogens (tertiary/aromatic N) is 2. The van der Waals surface area contributed by atoms with Gasteiger partial charge in [0.25, 0.3) is 0 Å². The second-order valence-electron chi connectivity index (χ2n) is 5.93. The van der Waals surface area contributed by atoms with Crippen LogP contribution in [0.1, 0.15) is 27.8 Å². The normalized spacial score (nSPS) is 18.5. The predicted octanol–water partition coefficient (Wildman–Crippen LogP) is 1.74. The zero-order valence-corrected chi connectivity index (χ0v) is 14.7. The zero-order valence-electron chi connectivity index (χ0n) is 13.1. The van der Waals surface area contributed by atoms with Crippen LogP contribution in [0.4, 0.5) is 0 Å². The number of carbonyl (C=O) groups is 1. The number of hydrogen-bond acceptors (Lipinski definition) is 5. The first kappa shape index (κ1) is 16.2. The highest BCUT2D eigenvalue weighted by Crippen LogP contribution is 2.30. The maximum atomic E-state index is 12.4.